The molecule has 0 radical (unpaired) electrons. The standard InChI is InChI=1S/C9H7Br2N3/c10-4-1-5-8(13)7(12)3-14-9(5)6(11)2-4/h1-3H,12H2,(H2,13,14). The summed E-state index contributed by atoms with van der Waals surface area (Å²) >= 11 is 6.81. The molecule has 1 heterocycles. The number of fused-ring (bicyclic) bond motifs is 1. The summed E-state index contributed by atoms with van der Waals surface area (Å²) in [6.45, 7) is 0. The molecular formula is C9H7Br2N3. The number of pyridine rings is 1. The monoisotopic (exact) mass is 315 g/mol. The van der Waals surface area contributed by atoms with Gasteiger partial charge in [-0.25, -0.2) is 0 Å². The van der Waals surface area contributed by atoms with E-state index in [-0.39, 0.29) is 0 Å². The smallest absolute Gasteiger partial charge is 0.0867 e. The van der Waals surface area contributed by atoms with Gasteiger partial charge in [-0.1, -0.05) is 15.9 Å². The first-order valence-corrected chi connectivity index (χ1v) is 5.47. The quantitative estimate of drug-likeness (QED) is 0.785. The Hall–Kier alpha value is -0.810. The largest absolute Gasteiger partial charge is 0.396 e. The number of halogens is 2. The highest BCUT2D eigenvalue weighted by Gasteiger charge is 2.07. The Balaban J connectivity index is 2.95. The van der Waals surface area contributed by atoms with Crippen LogP contribution in [0.5, 0.6) is 0 Å². The van der Waals surface area contributed by atoms with Crippen LogP contribution in [0, 0.1) is 0 Å². The third kappa shape index (κ3) is 1.46. The van der Waals surface area contributed by atoms with Gasteiger partial charge in [-0.15, -0.1) is 0 Å². The predicted molar refractivity (Wildman–Crippen MR) is 66.0 cm³/mol. The molecule has 72 valence electrons. The van der Waals surface area contributed by atoms with Gasteiger partial charge in [-0.2, -0.15) is 0 Å². The highest BCUT2D eigenvalue weighted by molar-refractivity contribution is 9.11. The van der Waals surface area contributed by atoms with Crippen LogP contribution < -0.4 is 11.5 Å². The van der Waals surface area contributed by atoms with Crippen LogP contribution in [-0.4, -0.2) is 4.98 Å². The Bertz CT molecular complexity index is 511. The molecule has 1 aromatic carbocycles. The van der Waals surface area contributed by atoms with E-state index in [9.17, 15) is 0 Å². The Morgan fingerprint density at radius 1 is 1.14 bits per heavy atom. The molecule has 0 amide bonds. The van der Waals surface area contributed by atoms with Crippen molar-refractivity contribution in [3.05, 3.63) is 27.3 Å². The van der Waals surface area contributed by atoms with E-state index < -0.39 is 0 Å². The molecule has 0 saturated heterocycles. The molecule has 0 fully saturated rings. The zero-order valence-corrected chi connectivity index (χ0v) is 10.3. The number of hydrogen-bond donors (Lipinski definition) is 2. The van der Waals surface area contributed by atoms with Crippen molar-refractivity contribution in [2.75, 3.05) is 11.5 Å². The highest BCUT2D eigenvalue weighted by atomic mass is 79.9. The lowest BCUT2D eigenvalue weighted by Crippen LogP contribution is -1.97. The second-order valence-electron chi connectivity index (χ2n) is 2.91. The molecule has 4 N–H and O–H groups in total. The summed E-state index contributed by atoms with van der Waals surface area (Å²) in [4.78, 5) is 4.21. The maximum atomic E-state index is 5.85. The summed E-state index contributed by atoms with van der Waals surface area (Å²) in [5.74, 6) is 0. The Morgan fingerprint density at radius 2 is 1.86 bits per heavy atom. The maximum absolute atomic E-state index is 5.85. The van der Waals surface area contributed by atoms with Gasteiger partial charge >= 0.3 is 0 Å². The van der Waals surface area contributed by atoms with Crippen molar-refractivity contribution in [2.24, 2.45) is 0 Å². The summed E-state index contributed by atoms with van der Waals surface area (Å²) in [5.41, 5.74) is 13.4. The SMILES string of the molecule is Nc1cnc2c(Br)cc(Br)cc2c1N. The lowest BCUT2D eigenvalue weighted by atomic mass is 10.2. The van der Waals surface area contributed by atoms with Gasteiger partial charge < -0.3 is 11.5 Å². The van der Waals surface area contributed by atoms with Crippen molar-refractivity contribution in [1.29, 1.82) is 0 Å². The summed E-state index contributed by atoms with van der Waals surface area (Å²) in [5, 5.41) is 0.853. The minimum absolute atomic E-state index is 0.502. The third-order valence-electron chi connectivity index (χ3n) is 1.96. The van der Waals surface area contributed by atoms with Crippen LogP contribution in [0.3, 0.4) is 0 Å². The van der Waals surface area contributed by atoms with E-state index in [1.54, 1.807) is 6.20 Å². The van der Waals surface area contributed by atoms with E-state index in [1.807, 2.05) is 12.1 Å². The van der Waals surface area contributed by atoms with Crippen molar-refractivity contribution in [2.45, 2.75) is 0 Å². The number of rotatable bonds is 0. The van der Waals surface area contributed by atoms with Crippen molar-refractivity contribution in [1.82, 2.24) is 4.98 Å². The molecule has 0 aliphatic heterocycles. The molecule has 3 nitrogen and oxygen atoms in total. The molecule has 1 aromatic heterocycles. The van der Waals surface area contributed by atoms with Crippen molar-refractivity contribution in [3.8, 4) is 0 Å². The number of hydrogen-bond acceptors (Lipinski definition) is 3. The van der Waals surface area contributed by atoms with E-state index in [0.29, 0.717) is 11.4 Å². The number of aromatic nitrogens is 1. The van der Waals surface area contributed by atoms with Crippen LogP contribution in [0.1, 0.15) is 0 Å². The van der Waals surface area contributed by atoms with Gasteiger partial charge in [0.05, 0.1) is 23.1 Å². The van der Waals surface area contributed by atoms with Gasteiger partial charge in [0.15, 0.2) is 0 Å². The lowest BCUT2D eigenvalue weighted by molar-refractivity contribution is 1.40. The molecule has 0 spiro atoms. The fourth-order valence-electron chi connectivity index (χ4n) is 1.26. The molecule has 0 aliphatic rings. The summed E-state index contributed by atoms with van der Waals surface area (Å²) in [6.07, 6.45) is 1.57. The van der Waals surface area contributed by atoms with Crippen LogP contribution in [0.2, 0.25) is 0 Å². The molecule has 14 heavy (non-hydrogen) atoms. The predicted octanol–water partition coefficient (Wildman–Crippen LogP) is 2.92. The zero-order valence-electron chi connectivity index (χ0n) is 7.09. The second-order valence-corrected chi connectivity index (χ2v) is 4.68. The molecule has 0 bridgehead atoms. The molecule has 5 heteroatoms. The first-order valence-electron chi connectivity index (χ1n) is 3.88. The van der Waals surface area contributed by atoms with Gasteiger partial charge in [0.1, 0.15) is 0 Å². The van der Waals surface area contributed by atoms with Gasteiger partial charge in [-0.3, -0.25) is 4.98 Å². The zero-order chi connectivity index (χ0) is 10.3. The Morgan fingerprint density at radius 3 is 2.57 bits per heavy atom. The van der Waals surface area contributed by atoms with E-state index in [1.165, 1.54) is 0 Å². The first kappa shape index (κ1) is 9.73. The van der Waals surface area contributed by atoms with E-state index in [0.717, 1.165) is 19.8 Å². The molecule has 0 unspecified atom stereocenters. The van der Waals surface area contributed by atoms with Crippen LogP contribution in [-0.2, 0) is 0 Å². The van der Waals surface area contributed by atoms with Gasteiger partial charge in [0.2, 0.25) is 0 Å². The van der Waals surface area contributed by atoms with Crippen molar-refractivity contribution < 1.29 is 0 Å². The number of nitrogens with zero attached hydrogens (tertiary/aromatic N) is 1. The summed E-state index contributed by atoms with van der Waals surface area (Å²) in [7, 11) is 0. The average Bonchev–Trinajstić information content (AvgIpc) is 2.12. The normalized spacial score (nSPS) is 10.7. The van der Waals surface area contributed by atoms with Gasteiger partial charge in [-0.05, 0) is 28.1 Å². The molecular weight excluding hydrogens is 310 g/mol. The number of nitrogens with two attached hydrogens (primary N) is 2. The highest BCUT2D eigenvalue weighted by Crippen LogP contribution is 2.32. The minimum atomic E-state index is 0.502. The van der Waals surface area contributed by atoms with Crippen LogP contribution >= 0.6 is 31.9 Å². The van der Waals surface area contributed by atoms with Crippen LogP contribution in [0.25, 0.3) is 10.9 Å². The Labute approximate surface area is 97.7 Å². The summed E-state index contributed by atoms with van der Waals surface area (Å²) in [6, 6.07) is 3.82. The average molecular weight is 317 g/mol. The molecule has 0 aliphatic carbocycles. The number of benzene rings is 1. The third-order valence-corrected chi connectivity index (χ3v) is 3.02. The first-order chi connectivity index (χ1) is 6.59. The van der Waals surface area contributed by atoms with Gasteiger partial charge in [0, 0.05) is 14.3 Å². The fourth-order valence-corrected chi connectivity index (χ4v) is 2.59. The molecule has 0 saturated carbocycles. The lowest BCUT2D eigenvalue weighted by Gasteiger charge is -2.06. The van der Waals surface area contributed by atoms with Crippen LogP contribution in [0.4, 0.5) is 11.4 Å². The number of anilines is 2. The maximum Gasteiger partial charge on any atom is 0.0867 e. The molecule has 2 rings (SSSR count). The van der Waals surface area contributed by atoms with E-state index in [2.05, 4.69) is 36.8 Å². The van der Waals surface area contributed by atoms with E-state index >= 15 is 0 Å². The molecule has 0 atom stereocenters. The summed E-state index contributed by atoms with van der Waals surface area (Å²) < 4.78 is 1.84. The topological polar surface area (TPSA) is 64.9 Å². The van der Waals surface area contributed by atoms with Crippen LogP contribution in [0.15, 0.2) is 27.3 Å². The minimum Gasteiger partial charge on any atom is -0.396 e. The second kappa shape index (κ2) is 3.40. The van der Waals surface area contributed by atoms with Crippen molar-refractivity contribution in [3.63, 3.8) is 0 Å². The number of nitrogen functional groups attached to an aromatic ring is 2. The Kier molecular flexibility index (Phi) is 2.36. The van der Waals surface area contributed by atoms with Crippen molar-refractivity contribution >= 4 is 54.1 Å². The fraction of sp³-hybridized carbons (Fsp3) is 0. The van der Waals surface area contributed by atoms with E-state index in [4.69, 9.17) is 11.5 Å². The molecule has 2 aromatic rings. The van der Waals surface area contributed by atoms with Gasteiger partial charge in [0.25, 0.3) is 0 Å².